The topological polar surface area (TPSA) is 125 Å². The van der Waals surface area contributed by atoms with E-state index in [9.17, 15) is 9.59 Å². The molecule has 0 spiro atoms. The SMILES string of the molecule is COC(=O)c1cn(-n2cc(C(=O)O)nn2)nn1. The Morgan fingerprint density at radius 2 is 1.71 bits per heavy atom. The average Bonchev–Trinajstić information content (AvgIpc) is 2.95. The quantitative estimate of drug-likeness (QED) is 0.651. The Morgan fingerprint density at radius 3 is 2.18 bits per heavy atom. The molecule has 0 atom stereocenters. The van der Waals surface area contributed by atoms with Crippen LogP contribution in [0.15, 0.2) is 12.4 Å². The number of methoxy groups -OCH3 is 1. The van der Waals surface area contributed by atoms with E-state index in [0.717, 1.165) is 15.8 Å². The maximum atomic E-state index is 11.1. The predicted octanol–water partition coefficient (Wildman–Crippen LogP) is -1.33. The number of carbonyl (C=O) groups is 2. The van der Waals surface area contributed by atoms with Crippen molar-refractivity contribution in [2.45, 2.75) is 0 Å². The van der Waals surface area contributed by atoms with E-state index in [2.05, 4.69) is 25.4 Å². The smallest absolute Gasteiger partial charge is 0.360 e. The third-order valence-electron chi connectivity index (χ3n) is 1.79. The fourth-order valence-corrected chi connectivity index (χ4v) is 1.01. The number of aromatic nitrogens is 6. The molecule has 88 valence electrons. The number of esters is 1. The molecule has 0 aliphatic heterocycles. The Bertz CT molecular complexity index is 572. The minimum absolute atomic E-state index is 0.0279. The first-order chi connectivity index (χ1) is 8.11. The van der Waals surface area contributed by atoms with E-state index in [1.54, 1.807) is 0 Å². The second kappa shape index (κ2) is 4.00. The zero-order valence-corrected chi connectivity index (χ0v) is 8.51. The van der Waals surface area contributed by atoms with Gasteiger partial charge in [0.2, 0.25) is 0 Å². The number of carboxylic acid groups (broad SMARTS) is 1. The third kappa shape index (κ3) is 1.95. The molecular formula is C7H6N6O4. The van der Waals surface area contributed by atoms with E-state index in [1.807, 2.05) is 0 Å². The Labute approximate surface area is 93.4 Å². The van der Waals surface area contributed by atoms with Crippen molar-refractivity contribution in [1.82, 2.24) is 30.2 Å². The number of carbonyl (C=O) groups excluding carboxylic acids is 1. The van der Waals surface area contributed by atoms with Crippen LogP contribution in [-0.2, 0) is 4.74 Å². The molecule has 0 saturated carbocycles. The van der Waals surface area contributed by atoms with Gasteiger partial charge in [-0.2, -0.15) is 0 Å². The molecule has 0 amide bonds. The second-order valence-electron chi connectivity index (χ2n) is 2.85. The van der Waals surface area contributed by atoms with Gasteiger partial charge in [-0.3, -0.25) is 0 Å². The molecule has 10 heteroatoms. The van der Waals surface area contributed by atoms with Crippen LogP contribution in [0.3, 0.4) is 0 Å². The van der Waals surface area contributed by atoms with Gasteiger partial charge in [-0.1, -0.05) is 0 Å². The van der Waals surface area contributed by atoms with Crippen LogP contribution in [0.4, 0.5) is 0 Å². The van der Waals surface area contributed by atoms with Crippen LogP contribution >= 0.6 is 0 Å². The van der Waals surface area contributed by atoms with E-state index in [0.29, 0.717) is 0 Å². The lowest BCUT2D eigenvalue weighted by atomic mass is 10.5. The lowest BCUT2D eigenvalue weighted by Crippen LogP contribution is -2.10. The predicted molar refractivity (Wildman–Crippen MR) is 49.1 cm³/mol. The standard InChI is InChI=1S/C7H6N6O4/c1-17-7(16)5-3-13(11-9-5)12-2-4(6(14)15)8-10-12/h2-3H,1H3,(H,14,15). The molecule has 0 radical (unpaired) electrons. The minimum atomic E-state index is -1.22. The molecule has 0 aromatic carbocycles. The molecule has 0 unspecified atom stereocenters. The van der Waals surface area contributed by atoms with E-state index < -0.39 is 11.9 Å². The van der Waals surface area contributed by atoms with Gasteiger partial charge in [-0.25, -0.2) is 9.59 Å². The fraction of sp³-hybridized carbons (Fsp3) is 0.143. The summed E-state index contributed by atoms with van der Waals surface area (Å²) in [4.78, 5) is 23.7. The summed E-state index contributed by atoms with van der Waals surface area (Å²) in [6.07, 6.45) is 2.35. The van der Waals surface area contributed by atoms with E-state index in [4.69, 9.17) is 5.11 Å². The molecule has 0 saturated heterocycles. The van der Waals surface area contributed by atoms with Crippen LogP contribution < -0.4 is 0 Å². The summed E-state index contributed by atoms with van der Waals surface area (Å²) in [7, 11) is 1.21. The zero-order valence-electron chi connectivity index (χ0n) is 8.51. The molecule has 0 aliphatic carbocycles. The monoisotopic (exact) mass is 238 g/mol. The molecule has 2 rings (SSSR count). The van der Waals surface area contributed by atoms with E-state index >= 15 is 0 Å². The summed E-state index contributed by atoms with van der Waals surface area (Å²) >= 11 is 0. The van der Waals surface area contributed by atoms with Gasteiger partial charge in [0.25, 0.3) is 0 Å². The zero-order chi connectivity index (χ0) is 12.4. The largest absolute Gasteiger partial charge is 0.476 e. The number of aromatic carboxylic acids is 1. The highest BCUT2D eigenvalue weighted by Gasteiger charge is 2.13. The van der Waals surface area contributed by atoms with Crippen LogP contribution in [0.5, 0.6) is 0 Å². The van der Waals surface area contributed by atoms with Gasteiger partial charge in [0.05, 0.1) is 19.5 Å². The van der Waals surface area contributed by atoms with Crippen molar-refractivity contribution in [2.24, 2.45) is 0 Å². The average molecular weight is 238 g/mol. The number of hydrogen-bond donors (Lipinski definition) is 1. The molecule has 2 aromatic rings. The van der Waals surface area contributed by atoms with E-state index in [1.165, 1.54) is 13.3 Å². The van der Waals surface area contributed by atoms with Gasteiger partial charge in [0, 0.05) is 0 Å². The molecule has 10 nitrogen and oxygen atoms in total. The Morgan fingerprint density at radius 1 is 1.18 bits per heavy atom. The van der Waals surface area contributed by atoms with Crippen molar-refractivity contribution >= 4 is 11.9 Å². The second-order valence-corrected chi connectivity index (χ2v) is 2.85. The van der Waals surface area contributed by atoms with Crippen molar-refractivity contribution in [3.05, 3.63) is 23.8 Å². The molecular weight excluding hydrogens is 232 g/mol. The maximum Gasteiger partial charge on any atom is 0.360 e. The molecule has 0 fully saturated rings. The van der Waals surface area contributed by atoms with Gasteiger partial charge in [-0.05, 0) is 10.4 Å². The molecule has 2 aromatic heterocycles. The number of nitrogens with zero attached hydrogens (tertiary/aromatic N) is 6. The van der Waals surface area contributed by atoms with Gasteiger partial charge in [-0.15, -0.1) is 19.8 Å². The number of hydrogen-bond acceptors (Lipinski definition) is 7. The lowest BCUT2D eigenvalue weighted by Gasteiger charge is -1.94. The molecule has 17 heavy (non-hydrogen) atoms. The van der Waals surface area contributed by atoms with Crippen LogP contribution in [0.25, 0.3) is 0 Å². The van der Waals surface area contributed by atoms with Crippen LogP contribution in [0, 0.1) is 0 Å². The normalized spacial score (nSPS) is 10.2. The van der Waals surface area contributed by atoms with Gasteiger partial charge >= 0.3 is 11.9 Å². The Hall–Kier alpha value is -2.78. The Balaban J connectivity index is 2.30. The van der Waals surface area contributed by atoms with Gasteiger partial charge in [0.15, 0.2) is 11.4 Å². The van der Waals surface area contributed by atoms with Gasteiger partial charge < -0.3 is 9.84 Å². The first kappa shape index (κ1) is 10.7. The highest BCUT2D eigenvalue weighted by Crippen LogP contribution is 1.97. The highest BCUT2D eigenvalue weighted by atomic mass is 16.5. The molecule has 1 N–H and O–H groups in total. The van der Waals surface area contributed by atoms with Crippen molar-refractivity contribution in [3.63, 3.8) is 0 Å². The van der Waals surface area contributed by atoms with Crippen LogP contribution in [0.1, 0.15) is 21.0 Å². The van der Waals surface area contributed by atoms with Crippen molar-refractivity contribution < 1.29 is 19.4 Å². The molecule has 0 bridgehead atoms. The summed E-state index contributed by atoms with van der Waals surface area (Å²) in [6.45, 7) is 0. The molecule has 0 aliphatic rings. The summed E-state index contributed by atoms with van der Waals surface area (Å²) in [5.41, 5.74) is -0.278. The lowest BCUT2D eigenvalue weighted by molar-refractivity contribution is 0.0593. The number of carboxylic acids is 1. The van der Waals surface area contributed by atoms with Crippen molar-refractivity contribution in [2.75, 3.05) is 7.11 Å². The maximum absolute atomic E-state index is 11.1. The summed E-state index contributed by atoms with van der Waals surface area (Å²) < 4.78 is 4.43. The van der Waals surface area contributed by atoms with Crippen molar-refractivity contribution in [1.29, 1.82) is 0 Å². The van der Waals surface area contributed by atoms with Crippen LogP contribution in [0.2, 0.25) is 0 Å². The molecule has 2 heterocycles. The van der Waals surface area contributed by atoms with Crippen LogP contribution in [-0.4, -0.2) is 54.4 Å². The van der Waals surface area contributed by atoms with Gasteiger partial charge in [0.1, 0.15) is 0 Å². The summed E-state index contributed by atoms with van der Waals surface area (Å²) in [5, 5.41) is 22.6. The third-order valence-corrected chi connectivity index (χ3v) is 1.79. The highest BCUT2D eigenvalue weighted by molar-refractivity contribution is 5.86. The number of ether oxygens (including phenoxy) is 1. The summed E-state index contributed by atoms with van der Waals surface area (Å²) in [6, 6.07) is 0. The van der Waals surface area contributed by atoms with Crippen molar-refractivity contribution in [3.8, 4) is 0 Å². The summed E-state index contributed by atoms with van der Waals surface area (Å²) in [5.74, 6) is -1.88. The Kier molecular flexibility index (Phi) is 2.52. The first-order valence-electron chi connectivity index (χ1n) is 4.29. The first-order valence-corrected chi connectivity index (χ1v) is 4.29. The number of rotatable bonds is 3. The van der Waals surface area contributed by atoms with E-state index in [-0.39, 0.29) is 11.4 Å². The fourth-order valence-electron chi connectivity index (χ4n) is 1.01. The minimum Gasteiger partial charge on any atom is -0.476 e.